The van der Waals surface area contributed by atoms with Crippen LogP contribution in [0.5, 0.6) is 0 Å². The summed E-state index contributed by atoms with van der Waals surface area (Å²) in [6.45, 7) is 12.7. The van der Waals surface area contributed by atoms with E-state index in [1.165, 1.54) is 116 Å². The van der Waals surface area contributed by atoms with E-state index >= 15 is 0 Å². The van der Waals surface area contributed by atoms with Crippen LogP contribution in [0.2, 0.25) is 0 Å². The number of fused-ring (bicyclic) bond motifs is 4. The average Bonchev–Trinajstić information content (AvgIpc) is 3.36. The molecule has 0 N–H and O–H groups in total. The molecule has 0 saturated heterocycles. The summed E-state index contributed by atoms with van der Waals surface area (Å²) in [6.07, 6.45) is 15.9. The maximum atomic E-state index is 4.38. The number of benzene rings is 9. The molecule has 0 spiro atoms. The molecule has 0 heteroatoms. The summed E-state index contributed by atoms with van der Waals surface area (Å²) in [7, 11) is 0. The molecule has 9 aromatic carbocycles. The van der Waals surface area contributed by atoms with Crippen LogP contribution in [-0.2, 0) is 6.42 Å². The zero-order valence-corrected chi connectivity index (χ0v) is 37.9. The molecule has 1 unspecified atom stereocenters. The molecule has 0 fully saturated rings. The zero-order chi connectivity index (χ0) is 44.4. The van der Waals surface area contributed by atoms with Gasteiger partial charge in [0.25, 0.3) is 0 Å². The highest BCUT2D eigenvalue weighted by Gasteiger charge is 2.22. The average molecular weight is 835 g/mol. The molecule has 0 nitrogen and oxygen atoms in total. The molecule has 2 aliphatic carbocycles. The largest absolute Gasteiger partial charge is 0.0955 e. The summed E-state index contributed by atoms with van der Waals surface area (Å²) in [6, 6.07) is 65.5. The van der Waals surface area contributed by atoms with Crippen LogP contribution in [0.4, 0.5) is 0 Å². The highest BCUT2D eigenvalue weighted by Crippen LogP contribution is 2.46. The van der Waals surface area contributed by atoms with Gasteiger partial charge in [-0.1, -0.05) is 214 Å². The van der Waals surface area contributed by atoms with Crippen molar-refractivity contribution in [2.24, 2.45) is 5.92 Å². The van der Waals surface area contributed by atoms with Gasteiger partial charge in [0, 0.05) is 5.92 Å². The fourth-order valence-corrected chi connectivity index (χ4v) is 10.1. The van der Waals surface area contributed by atoms with E-state index in [1.807, 2.05) is 13.8 Å². The maximum Gasteiger partial charge on any atom is 0.00561 e. The van der Waals surface area contributed by atoms with Crippen molar-refractivity contribution in [1.82, 2.24) is 0 Å². The lowest BCUT2D eigenvalue weighted by Crippen LogP contribution is -2.05. The summed E-state index contributed by atoms with van der Waals surface area (Å²) in [4.78, 5) is 0. The molecule has 65 heavy (non-hydrogen) atoms. The Hall–Kier alpha value is -7.54. The summed E-state index contributed by atoms with van der Waals surface area (Å²) in [5.74, 6) is 0.438. The Morgan fingerprint density at radius 3 is 2.02 bits per heavy atom. The van der Waals surface area contributed by atoms with Crippen molar-refractivity contribution in [3.05, 3.63) is 252 Å². The molecular formula is C65H54. The first-order chi connectivity index (χ1) is 32.0. The van der Waals surface area contributed by atoms with Gasteiger partial charge < -0.3 is 0 Å². The monoisotopic (exact) mass is 834 g/mol. The first-order valence-corrected chi connectivity index (χ1v) is 23.2. The first-order valence-electron chi connectivity index (χ1n) is 23.2. The Kier molecular flexibility index (Phi) is 11.4. The Bertz CT molecular complexity index is 3430. The minimum atomic E-state index is 0.438. The van der Waals surface area contributed by atoms with Gasteiger partial charge in [0.2, 0.25) is 0 Å². The van der Waals surface area contributed by atoms with Gasteiger partial charge >= 0.3 is 0 Å². The smallest absolute Gasteiger partial charge is 0.00561 e. The normalized spacial score (nSPS) is 14.1. The molecule has 0 bridgehead atoms. The zero-order valence-electron chi connectivity index (χ0n) is 37.9. The van der Waals surface area contributed by atoms with E-state index in [0.717, 1.165) is 18.4 Å². The highest BCUT2D eigenvalue weighted by atomic mass is 14.3. The van der Waals surface area contributed by atoms with Crippen molar-refractivity contribution < 1.29 is 0 Å². The van der Waals surface area contributed by atoms with Crippen LogP contribution in [0, 0.1) is 12.8 Å². The standard InChI is InChI=1S/C63H48.C2H6/c1-41(2)55-23-10-11-24-56(55)60-39-50(29-30-52(60)35-45-18-5-4-15-42(45)3)48-21-14-22-49(36-48)51-33-34-59-61(40-51)63(54-32-28-44-17-7-9-20-47(44)38-54)58-26-13-12-25-57(58)62(59)53-31-27-43-16-6-8-19-46(43)37-53;1-2/h4-15,17-34,36-40,43H,1,16,35H2,2-3H3;1-2H3. The van der Waals surface area contributed by atoms with Crippen molar-refractivity contribution in [2.45, 2.75) is 40.5 Å². The number of hydrogen-bond acceptors (Lipinski definition) is 0. The van der Waals surface area contributed by atoms with E-state index in [0.29, 0.717) is 5.92 Å². The lowest BCUT2D eigenvalue weighted by atomic mass is 9.80. The third kappa shape index (κ3) is 7.91. The fraction of sp³-hybridized carbons (Fsp3) is 0.108. The molecular weight excluding hydrogens is 781 g/mol. The second-order valence-electron chi connectivity index (χ2n) is 17.4. The second kappa shape index (κ2) is 17.9. The summed E-state index contributed by atoms with van der Waals surface area (Å²) < 4.78 is 0. The van der Waals surface area contributed by atoms with Crippen LogP contribution in [0.15, 0.2) is 225 Å². The number of aryl methyl sites for hydroxylation is 1. The van der Waals surface area contributed by atoms with Gasteiger partial charge in [-0.3, -0.25) is 0 Å². The number of hydrogen-bond donors (Lipinski definition) is 0. The van der Waals surface area contributed by atoms with E-state index in [1.54, 1.807) is 0 Å². The Morgan fingerprint density at radius 2 is 1.20 bits per heavy atom. The van der Waals surface area contributed by atoms with Crippen LogP contribution in [0.3, 0.4) is 0 Å². The van der Waals surface area contributed by atoms with Gasteiger partial charge in [0.05, 0.1) is 0 Å². The fourth-order valence-electron chi connectivity index (χ4n) is 10.1. The van der Waals surface area contributed by atoms with Gasteiger partial charge in [0.15, 0.2) is 0 Å². The third-order valence-electron chi connectivity index (χ3n) is 13.4. The second-order valence-corrected chi connectivity index (χ2v) is 17.4. The molecule has 0 amide bonds. The molecule has 314 valence electrons. The van der Waals surface area contributed by atoms with Gasteiger partial charge in [-0.15, -0.1) is 0 Å². The van der Waals surface area contributed by atoms with E-state index in [-0.39, 0.29) is 0 Å². The van der Waals surface area contributed by atoms with Gasteiger partial charge in [-0.2, -0.15) is 0 Å². The van der Waals surface area contributed by atoms with E-state index in [4.69, 9.17) is 0 Å². The summed E-state index contributed by atoms with van der Waals surface area (Å²) in [5, 5.41) is 7.57. The van der Waals surface area contributed by atoms with E-state index in [2.05, 4.69) is 233 Å². The summed E-state index contributed by atoms with van der Waals surface area (Å²) >= 11 is 0. The van der Waals surface area contributed by atoms with Gasteiger partial charge in [-0.05, 0) is 167 Å². The Labute approximate surface area is 385 Å². The predicted octanol–water partition coefficient (Wildman–Crippen LogP) is 18.2. The number of allylic oxidation sites excluding steroid dienone is 9. The molecule has 0 aromatic heterocycles. The van der Waals surface area contributed by atoms with Crippen LogP contribution in [0.25, 0.3) is 88.0 Å². The van der Waals surface area contributed by atoms with Crippen LogP contribution in [0.1, 0.15) is 55.0 Å². The van der Waals surface area contributed by atoms with Crippen molar-refractivity contribution in [2.75, 3.05) is 0 Å². The highest BCUT2D eigenvalue weighted by molar-refractivity contribution is 6.20. The molecule has 0 saturated carbocycles. The lowest BCUT2D eigenvalue weighted by Gasteiger charge is -2.24. The van der Waals surface area contributed by atoms with Crippen LogP contribution < -0.4 is 0 Å². The molecule has 9 aromatic rings. The van der Waals surface area contributed by atoms with Crippen molar-refractivity contribution in [3.63, 3.8) is 0 Å². The molecule has 0 radical (unpaired) electrons. The number of rotatable bonds is 8. The minimum absolute atomic E-state index is 0.438. The molecule has 0 aliphatic heterocycles. The van der Waals surface area contributed by atoms with Crippen molar-refractivity contribution in [3.8, 4) is 44.5 Å². The SMILES string of the molecule is C=C(C)c1ccccc1-c1cc(-c2cccc(-c3ccc4c(C5=CC6=CC=CCC6C=C5)c5ccccc5c(-c5ccc6ccccc6c5)c4c3)c2)ccc1Cc1ccccc1C.CC. The Balaban J connectivity index is 0.00000246. The van der Waals surface area contributed by atoms with Crippen molar-refractivity contribution in [1.29, 1.82) is 0 Å². The molecule has 11 rings (SSSR count). The molecule has 0 heterocycles. The quantitative estimate of drug-likeness (QED) is 0.134. The maximum absolute atomic E-state index is 4.38. The molecule has 1 atom stereocenters. The predicted molar refractivity (Wildman–Crippen MR) is 283 cm³/mol. The molecule has 2 aliphatic rings. The topological polar surface area (TPSA) is 0 Å². The van der Waals surface area contributed by atoms with E-state index in [9.17, 15) is 0 Å². The minimum Gasteiger partial charge on any atom is -0.0955 e. The first kappa shape index (κ1) is 41.5. The van der Waals surface area contributed by atoms with E-state index < -0.39 is 0 Å². The van der Waals surface area contributed by atoms with Crippen molar-refractivity contribution >= 4 is 43.5 Å². The van der Waals surface area contributed by atoms with Gasteiger partial charge in [-0.25, -0.2) is 0 Å². The van der Waals surface area contributed by atoms with Crippen LogP contribution in [-0.4, -0.2) is 0 Å². The lowest BCUT2D eigenvalue weighted by molar-refractivity contribution is 0.781. The summed E-state index contributed by atoms with van der Waals surface area (Å²) in [5.41, 5.74) is 19.9. The Morgan fingerprint density at radius 1 is 0.538 bits per heavy atom. The third-order valence-corrected chi connectivity index (χ3v) is 13.4. The van der Waals surface area contributed by atoms with Gasteiger partial charge in [0.1, 0.15) is 0 Å². The van der Waals surface area contributed by atoms with Crippen LogP contribution >= 0.6 is 0 Å².